The lowest BCUT2D eigenvalue weighted by molar-refractivity contribution is -0.117. The molecule has 3 heteroatoms. The number of halogens is 1. The van der Waals surface area contributed by atoms with Crippen LogP contribution in [0.4, 0.5) is 0 Å². The molecule has 1 saturated carbocycles. The second-order valence-corrected chi connectivity index (χ2v) is 5.60. The molecule has 0 aromatic heterocycles. The number of methoxy groups -OCH3 is 1. The van der Waals surface area contributed by atoms with E-state index in [2.05, 4.69) is 6.92 Å². The van der Waals surface area contributed by atoms with Crippen LogP contribution in [0, 0.1) is 5.41 Å². The molecule has 1 fully saturated rings. The number of Topliss-reactive ketones (excluding diaryl/α,β-unsaturated/α-hetero) is 1. The monoisotopic (exact) mass is 252 g/mol. The summed E-state index contributed by atoms with van der Waals surface area (Å²) in [5.41, 5.74) is 1.16. The minimum Gasteiger partial charge on any atom is -0.496 e. The average Bonchev–Trinajstić information content (AvgIpc) is 2.59. The highest BCUT2D eigenvalue weighted by molar-refractivity contribution is 6.30. The van der Waals surface area contributed by atoms with Gasteiger partial charge in [-0.25, -0.2) is 0 Å². The second-order valence-electron chi connectivity index (χ2n) is 5.16. The molecule has 1 aromatic carbocycles. The molecule has 0 bridgehead atoms. The number of benzene rings is 1. The highest BCUT2D eigenvalue weighted by Crippen LogP contribution is 2.40. The molecule has 0 spiro atoms. The number of ketones is 1. The van der Waals surface area contributed by atoms with Gasteiger partial charge in [-0.3, -0.25) is 4.79 Å². The lowest BCUT2D eigenvalue weighted by Gasteiger charge is -2.23. The van der Waals surface area contributed by atoms with Gasteiger partial charge in [0.05, 0.1) is 7.11 Å². The van der Waals surface area contributed by atoms with Crippen molar-refractivity contribution < 1.29 is 9.53 Å². The zero-order valence-electron chi connectivity index (χ0n) is 10.3. The first kappa shape index (κ1) is 12.4. The highest BCUT2D eigenvalue weighted by atomic mass is 35.5. The molecule has 0 heterocycles. The predicted molar refractivity (Wildman–Crippen MR) is 68.7 cm³/mol. The SMILES string of the molecule is COc1ccc(Cl)cc1CC1(C)CCC(=O)C1. The molecule has 0 saturated heterocycles. The van der Waals surface area contributed by atoms with Crippen LogP contribution in [0.15, 0.2) is 18.2 Å². The van der Waals surface area contributed by atoms with Crippen molar-refractivity contribution in [1.29, 1.82) is 0 Å². The third kappa shape index (κ3) is 2.81. The van der Waals surface area contributed by atoms with Crippen molar-refractivity contribution in [2.24, 2.45) is 5.41 Å². The van der Waals surface area contributed by atoms with E-state index < -0.39 is 0 Å². The van der Waals surface area contributed by atoms with Crippen LogP contribution in [0.25, 0.3) is 0 Å². The van der Waals surface area contributed by atoms with E-state index in [1.807, 2.05) is 18.2 Å². The van der Waals surface area contributed by atoms with Crippen LogP contribution in [-0.4, -0.2) is 12.9 Å². The molecule has 0 aliphatic heterocycles. The van der Waals surface area contributed by atoms with E-state index in [9.17, 15) is 4.79 Å². The molecule has 0 N–H and O–H groups in total. The third-order valence-electron chi connectivity index (χ3n) is 3.49. The maximum atomic E-state index is 11.4. The Bertz CT molecular complexity index is 442. The lowest BCUT2D eigenvalue weighted by atomic mass is 9.82. The van der Waals surface area contributed by atoms with Crippen molar-refractivity contribution in [3.8, 4) is 5.75 Å². The molecule has 0 amide bonds. The summed E-state index contributed by atoms with van der Waals surface area (Å²) in [6, 6.07) is 5.65. The van der Waals surface area contributed by atoms with Crippen LogP contribution in [0.2, 0.25) is 5.02 Å². The van der Waals surface area contributed by atoms with Crippen molar-refractivity contribution in [2.75, 3.05) is 7.11 Å². The fraction of sp³-hybridized carbons (Fsp3) is 0.500. The van der Waals surface area contributed by atoms with Crippen molar-refractivity contribution in [1.82, 2.24) is 0 Å². The molecule has 92 valence electrons. The Kier molecular flexibility index (Phi) is 3.43. The Morgan fingerprint density at radius 1 is 1.47 bits per heavy atom. The Balaban J connectivity index is 2.23. The van der Waals surface area contributed by atoms with Gasteiger partial charge in [0.25, 0.3) is 0 Å². The predicted octanol–water partition coefficient (Wildman–Crippen LogP) is 3.65. The normalized spacial score (nSPS) is 24.1. The first-order valence-electron chi connectivity index (χ1n) is 5.86. The summed E-state index contributed by atoms with van der Waals surface area (Å²) >= 11 is 6.01. The molecule has 1 unspecified atom stereocenters. The minimum atomic E-state index is 0.0645. The number of carbonyl (C=O) groups excluding carboxylic acids is 1. The smallest absolute Gasteiger partial charge is 0.133 e. The number of hydrogen-bond donors (Lipinski definition) is 0. The van der Waals surface area contributed by atoms with E-state index >= 15 is 0 Å². The summed E-state index contributed by atoms with van der Waals surface area (Å²) < 4.78 is 5.34. The summed E-state index contributed by atoms with van der Waals surface area (Å²) in [6.07, 6.45) is 3.19. The first-order chi connectivity index (χ1) is 8.02. The van der Waals surface area contributed by atoms with Gasteiger partial charge in [0.2, 0.25) is 0 Å². The second kappa shape index (κ2) is 4.69. The molecular formula is C14H17ClO2. The fourth-order valence-electron chi connectivity index (χ4n) is 2.59. The van der Waals surface area contributed by atoms with Crippen molar-refractivity contribution in [3.63, 3.8) is 0 Å². The van der Waals surface area contributed by atoms with Crippen molar-refractivity contribution in [2.45, 2.75) is 32.6 Å². The van der Waals surface area contributed by atoms with Gasteiger partial charge in [0.1, 0.15) is 11.5 Å². The largest absolute Gasteiger partial charge is 0.496 e. The lowest BCUT2D eigenvalue weighted by Crippen LogP contribution is -2.16. The van der Waals surface area contributed by atoms with Crippen LogP contribution >= 0.6 is 11.6 Å². The Labute approximate surface area is 107 Å². The van der Waals surface area contributed by atoms with Gasteiger partial charge < -0.3 is 4.74 Å². The maximum absolute atomic E-state index is 11.4. The van der Waals surface area contributed by atoms with E-state index in [4.69, 9.17) is 16.3 Å². The van der Waals surface area contributed by atoms with Crippen LogP contribution < -0.4 is 4.74 Å². The van der Waals surface area contributed by atoms with Crippen LogP contribution in [0.1, 0.15) is 31.7 Å². The fourth-order valence-corrected chi connectivity index (χ4v) is 2.78. The molecule has 17 heavy (non-hydrogen) atoms. The van der Waals surface area contributed by atoms with Gasteiger partial charge in [0.15, 0.2) is 0 Å². The quantitative estimate of drug-likeness (QED) is 0.821. The Morgan fingerprint density at radius 3 is 2.82 bits per heavy atom. The van der Waals surface area contributed by atoms with Gasteiger partial charge in [-0.05, 0) is 42.0 Å². The molecule has 2 rings (SSSR count). The zero-order valence-corrected chi connectivity index (χ0v) is 11.0. The number of rotatable bonds is 3. The topological polar surface area (TPSA) is 26.3 Å². The molecule has 1 aliphatic rings. The van der Waals surface area contributed by atoms with Gasteiger partial charge in [-0.1, -0.05) is 18.5 Å². The molecule has 0 radical (unpaired) electrons. The number of ether oxygens (including phenoxy) is 1. The summed E-state index contributed by atoms with van der Waals surface area (Å²) in [6.45, 7) is 2.16. The van der Waals surface area contributed by atoms with Crippen molar-refractivity contribution in [3.05, 3.63) is 28.8 Å². The van der Waals surface area contributed by atoms with Gasteiger partial charge >= 0.3 is 0 Å². The van der Waals surface area contributed by atoms with E-state index in [-0.39, 0.29) is 5.41 Å². The molecule has 1 atom stereocenters. The van der Waals surface area contributed by atoms with E-state index in [1.54, 1.807) is 7.11 Å². The third-order valence-corrected chi connectivity index (χ3v) is 3.73. The van der Waals surface area contributed by atoms with Crippen LogP contribution in [0.5, 0.6) is 5.75 Å². The van der Waals surface area contributed by atoms with Gasteiger partial charge in [-0.2, -0.15) is 0 Å². The molecular weight excluding hydrogens is 236 g/mol. The Morgan fingerprint density at radius 2 is 2.24 bits per heavy atom. The number of hydrogen-bond acceptors (Lipinski definition) is 2. The highest BCUT2D eigenvalue weighted by Gasteiger charge is 2.34. The van der Waals surface area contributed by atoms with E-state index in [0.29, 0.717) is 23.6 Å². The standard InChI is InChI=1S/C14H17ClO2/c1-14(6-5-12(16)9-14)8-10-7-11(15)3-4-13(10)17-2/h3-4,7H,5-6,8-9H2,1-2H3. The molecule has 2 nitrogen and oxygen atoms in total. The zero-order chi connectivity index (χ0) is 12.5. The van der Waals surface area contributed by atoms with Gasteiger partial charge in [0, 0.05) is 17.9 Å². The van der Waals surface area contributed by atoms with Crippen LogP contribution in [0.3, 0.4) is 0 Å². The molecule has 1 aliphatic carbocycles. The first-order valence-corrected chi connectivity index (χ1v) is 6.24. The van der Waals surface area contributed by atoms with Crippen LogP contribution in [-0.2, 0) is 11.2 Å². The minimum absolute atomic E-state index is 0.0645. The maximum Gasteiger partial charge on any atom is 0.133 e. The summed E-state index contributed by atoms with van der Waals surface area (Å²) in [5, 5.41) is 0.716. The average molecular weight is 253 g/mol. The Hall–Kier alpha value is -1.02. The summed E-state index contributed by atoms with van der Waals surface area (Å²) in [5.74, 6) is 1.23. The summed E-state index contributed by atoms with van der Waals surface area (Å²) in [4.78, 5) is 11.4. The van der Waals surface area contributed by atoms with E-state index in [1.165, 1.54) is 0 Å². The summed E-state index contributed by atoms with van der Waals surface area (Å²) in [7, 11) is 1.66. The van der Waals surface area contributed by atoms with E-state index in [0.717, 1.165) is 24.2 Å². The molecule has 1 aromatic rings. The number of carbonyl (C=O) groups is 1. The van der Waals surface area contributed by atoms with Gasteiger partial charge in [-0.15, -0.1) is 0 Å². The van der Waals surface area contributed by atoms with Crippen molar-refractivity contribution >= 4 is 17.4 Å².